The van der Waals surface area contributed by atoms with Crippen LogP contribution in [0.1, 0.15) is 34.7 Å². The van der Waals surface area contributed by atoms with Crippen molar-refractivity contribution in [3.05, 3.63) is 81.5 Å². The Morgan fingerprint density at radius 2 is 1.14 bits per heavy atom. The zero-order valence-corrected chi connectivity index (χ0v) is 19.2. The maximum atomic E-state index is 4.76. The molecule has 0 aliphatic rings. The number of rotatable bonds is 6. The fourth-order valence-corrected chi connectivity index (χ4v) is 3.40. The van der Waals surface area contributed by atoms with E-state index < -0.39 is 0 Å². The SMILES string of the molecule is CCc1ccccc1N=Cc1ccc(C=Nc2ccccc2CC)s1.[Cl][Fe][Cl]. The summed E-state index contributed by atoms with van der Waals surface area (Å²) in [7, 11) is 9.53. The summed E-state index contributed by atoms with van der Waals surface area (Å²) in [4.78, 5) is 11.6. The molecule has 28 heavy (non-hydrogen) atoms. The minimum atomic E-state index is 0.194. The van der Waals surface area contributed by atoms with E-state index in [9.17, 15) is 0 Å². The van der Waals surface area contributed by atoms with Crippen molar-refractivity contribution >= 4 is 55.3 Å². The molecule has 3 rings (SSSR count). The number of hydrogen-bond donors (Lipinski definition) is 0. The third kappa shape index (κ3) is 7.20. The van der Waals surface area contributed by atoms with Gasteiger partial charge in [-0.05, 0) is 48.2 Å². The van der Waals surface area contributed by atoms with Crippen molar-refractivity contribution < 1.29 is 13.1 Å². The van der Waals surface area contributed by atoms with Crippen LogP contribution in [-0.2, 0) is 26.0 Å². The third-order valence-corrected chi connectivity index (χ3v) is 5.01. The van der Waals surface area contributed by atoms with Crippen molar-refractivity contribution in [3.8, 4) is 0 Å². The first-order valence-electron chi connectivity index (χ1n) is 8.90. The van der Waals surface area contributed by atoms with E-state index in [1.807, 2.05) is 24.6 Å². The van der Waals surface area contributed by atoms with Crippen LogP contribution in [0.15, 0.2) is 70.6 Å². The van der Waals surface area contributed by atoms with Crippen LogP contribution in [0.4, 0.5) is 11.4 Å². The molecule has 0 radical (unpaired) electrons. The molecule has 0 amide bonds. The quantitative estimate of drug-likeness (QED) is 0.258. The fourth-order valence-electron chi connectivity index (χ4n) is 2.64. The van der Waals surface area contributed by atoms with E-state index in [0.29, 0.717) is 0 Å². The zero-order chi connectivity index (χ0) is 20.2. The summed E-state index contributed by atoms with van der Waals surface area (Å²) >= 11 is 1.89. The van der Waals surface area contributed by atoms with Crippen LogP contribution < -0.4 is 0 Å². The van der Waals surface area contributed by atoms with Crippen LogP contribution in [0.25, 0.3) is 0 Å². The number of thiophene rings is 1. The van der Waals surface area contributed by atoms with Gasteiger partial charge in [-0.1, -0.05) is 50.2 Å². The Bertz CT molecular complexity index is 850. The van der Waals surface area contributed by atoms with Crippen LogP contribution in [0.2, 0.25) is 0 Å². The first-order valence-corrected chi connectivity index (χ1v) is 12.8. The zero-order valence-electron chi connectivity index (χ0n) is 15.8. The van der Waals surface area contributed by atoms with Gasteiger partial charge in [0.2, 0.25) is 0 Å². The summed E-state index contributed by atoms with van der Waals surface area (Å²) in [6, 6.07) is 20.8. The van der Waals surface area contributed by atoms with E-state index in [1.54, 1.807) is 11.3 Å². The van der Waals surface area contributed by atoms with E-state index in [-0.39, 0.29) is 13.1 Å². The van der Waals surface area contributed by atoms with E-state index in [2.05, 4.69) is 72.4 Å². The number of hydrogen-bond acceptors (Lipinski definition) is 3. The van der Waals surface area contributed by atoms with Crippen molar-refractivity contribution in [3.63, 3.8) is 0 Å². The number of aliphatic imine (C=N–C) groups is 2. The summed E-state index contributed by atoms with van der Waals surface area (Å²) < 4.78 is 0. The van der Waals surface area contributed by atoms with Gasteiger partial charge in [0, 0.05) is 22.2 Å². The van der Waals surface area contributed by atoms with E-state index in [0.717, 1.165) is 34.0 Å². The van der Waals surface area contributed by atoms with Gasteiger partial charge in [0.25, 0.3) is 0 Å². The molecule has 0 spiro atoms. The standard InChI is InChI=1S/C22H22N2S.2ClH.Fe/c1-3-17-9-5-7-11-21(17)23-15-19-13-14-20(25-19)16-24-22-12-8-6-10-18(22)4-2;;;/h5-16H,3-4H2,1-2H3;2*1H;/q;;;+2/p-2. The van der Waals surface area contributed by atoms with Crippen molar-refractivity contribution in [2.45, 2.75) is 26.7 Å². The Morgan fingerprint density at radius 3 is 1.54 bits per heavy atom. The normalized spacial score (nSPS) is 11.1. The van der Waals surface area contributed by atoms with Crippen LogP contribution in [0.3, 0.4) is 0 Å². The average molecular weight is 473 g/mol. The molecular formula is C22H22Cl2FeN2S. The Hall–Kier alpha value is -1.42. The molecule has 0 unspecified atom stereocenters. The molecule has 0 aliphatic carbocycles. The monoisotopic (exact) mass is 472 g/mol. The van der Waals surface area contributed by atoms with Gasteiger partial charge in [0.15, 0.2) is 0 Å². The minimum absolute atomic E-state index is 0.194. The topological polar surface area (TPSA) is 24.7 Å². The first-order chi connectivity index (χ1) is 13.7. The van der Waals surface area contributed by atoms with Crippen LogP contribution >= 0.6 is 31.5 Å². The molecule has 1 aromatic heterocycles. The Morgan fingerprint density at radius 1 is 0.750 bits per heavy atom. The van der Waals surface area contributed by atoms with Gasteiger partial charge in [-0.3, -0.25) is 9.98 Å². The van der Waals surface area contributed by atoms with E-state index in [4.69, 9.17) is 20.2 Å². The molecule has 3 aromatic rings. The second-order valence-electron chi connectivity index (χ2n) is 5.77. The van der Waals surface area contributed by atoms with Gasteiger partial charge < -0.3 is 0 Å². The van der Waals surface area contributed by atoms with Gasteiger partial charge in [0.1, 0.15) is 0 Å². The second kappa shape index (κ2) is 12.9. The fraction of sp³-hybridized carbons (Fsp3) is 0.182. The number of para-hydroxylation sites is 2. The van der Waals surface area contributed by atoms with Gasteiger partial charge >= 0.3 is 33.3 Å². The van der Waals surface area contributed by atoms with Crippen molar-refractivity contribution in [2.24, 2.45) is 9.98 Å². The molecule has 0 N–H and O–H groups in total. The predicted molar refractivity (Wildman–Crippen MR) is 122 cm³/mol. The van der Waals surface area contributed by atoms with Gasteiger partial charge in [0.05, 0.1) is 11.4 Å². The van der Waals surface area contributed by atoms with Crippen LogP contribution in [0.5, 0.6) is 0 Å². The molecule has 148 valence electrons. The molecule has 6 heteroatoms. The van der Waals surface area contributed by atoms with Crippen molar-refractivity contribution in [1.82, 2.24) is 0 Å². The molecule has 2 aromatic carbocycles. The van der Waals surface area contributed by atoms with Gasteiger partial charge in [-0.25, -0.2) is 0 Å². The second-order valence-corrected chi connectivity index (χ2v) is 8.74. The molecule has 1 heterocycles. The Balaban J connectivity index is 0.000000878. The van der Waals surface area contributed by atoms with E-state index >= 15 is 0 Å². The number of nitrogens with zero attached hydrogens (tertiary/aromatic N) is 2. The van der Waals surface area contributed by atoms with Gasteiger partial charge in [-0.15, -0.1) is 11.3 Å². The maximum absolute atomic E-state index is 4.76. The summed E-state index contributed by atoms with van der Waals surface area (Å²) in [5.74, 6) is 0. The van der Waals surface area contributed by atoms with Gasteiger partial charge in [-0.2, -0.15) is 0 Å². The molecule has 0 fully saturated rings. The summed E-state index contributed by atoms with van der Waals surface area (Å²) in [6.07, 6.45) is 5.87. The average Bonchev–Trinajstić information content (AvgIpc) is 3.19. The molecule has 0 atom stereocenters. The summed E-state index contributed by atoms with van der Waals surface area (Å²) in [5, 5.41) is 0. The number of halogens is 2. The number of benzene rings is 2. The molecule has 0 saturated carbocycles. The number of aryl methyl sites for hydroxylation is 2. The summed E-state index contributed by atoms with van der Waals surface area (Å²) in [5.41, 5.74) is 4.64. The van der Waals surface area contributed by atoms with E-state index in [1.165, 1.54) is 11.1 Å². The third-order valence-electron chi connectivity index (χ3n) is 4.05. The molecule has 0 bridgehead atoms. The molecule has 0 aliphatic heterocycles. The Labute approximate surface area is 186 Å². The first kappa shape index (κ1) is 22.9. The molecular weight excluding hydrogens is 451 g/mol. The predicted octanol–water partition coefficient (Wildman–Crippen LogP) is 7.75. The van der Waals surface area contributed by atoms with Crippen LogP contribution in [-0.4, -0.2) is 12.4 Å². The van der Waals surface area contributed by atoms with Crippen molar-refractivity contribution in [2.75, 3.05) is 0 Å². The summed E-state index contributed by atoms with van der Waals surface area (Å²) in [6.45, 7) is 4.31. The molecule has 0 saturated heterocycles. The Kier molecular flexibility index (Phi) is 10.6. The van der Waals surface area contributed by atoms with Crippen molar-refractivity contribution in [1.29, 1.82) is 0 Å². The van der Waals surface area contributed by atoms with Crippen LogP contribution in [0, 0.1) is 0 Å². The molecule has 2 nitrogen and oxygen atoms in total.